The smallest absolute Gasteiger partial charge is 0.196 e. The van der Waals surface area contributed by atoms with Gasteiger partial charge in [0.05, 0.1) is 12.7 Å². The molecule has 2 unspecified atom stereocenters. The van der Waals surface area contributed by atoms with Crippen molar-refractivity contribution in [1.29, 1.82) is 0 Å². The standard InChI is InChI=1S/C11H14BNO2S/c1-8-2-4-9(5-3-8)16(14,15)11(13)7-6-10(11)12/h2-5,10H,6-7,13H2,1H3. The summed E-state index contributed by atoms with van der Waals surface area (Å²) in [5, 5.41) is 0. The highest BCUT2D eigenvalue weighted by atomic mass is 32.2. The normalized spacial score (nSPS) is 29.8. The second kappa shape index (κ2) is 3.60. The highest BCUT2D eigenvalue weighted by molar-refractivity contribution is 7.93. The van der Waals surface area contributed by atoms with E-state index in [0.717, 1.165) is 5.56 Å². The minimum Gasteiger partial charge on any atom is -0.313 e. The Bertz CT molecular complexity index is 497. The zero-order valence-electron chi connectivity index (χ0n) is 9.18. The molecule has 0 saturated heterocycles. The van der Waals surface area contributed by atoms with Gasteiger partial charge in [-0.15, -0.1) is 0 Å². The predicted molar refractivity (Wildman–Crippen MR) is 64.0 cm³/mol. The van der Waals surface area contributed by atoms with Crippen LogP contribution in [0.15, 0.2) is 29.2 Å². The van der Waals surface area contributed by atoms with Crippen molar-refractivity contribution < 1.29 is 8.42 Å². The Labute approximate surface area is 97.4 Å². The molecule has 1 aromatic carbocycles. The van der Waals surface area contributed by atoms with E-state index in [1.54, 1.807) is 24.3 Å². The van der Waals surface area contributed by atoms with E-state index in [1.165, 1.54) is 0 Å². The highest BCUT2D eigenvalue weighted by Gasteiger charge is 2.51. The fourth-order valence-corrected chi connectivity index (χ4v) is 3.70. The lowest BCUT2D eigenvalue weighted by Crippen LogP contribution is -2.57. The van der Waals surface area contributed by atoms with Gasteiger partial charge in [-0.3, -0.25) is 0 Å². The van der Waals surface area contributed by atoms with Crippen LogP contribution in [0, 0.1) is 6.92 Å². The van der Waals surface area contributed by atoms with Gasteiger partial charge in [-0.1, -0.05) is 24.1 Å². The maximum absolute atomic E-state index is 12.3. The lowest BCUT2D eigenvalue weighted by atomic mass is 9.66. The Morgan fingerprint density at radius 1 is 1.38 bits per heavy atom. The van der Waals surface area contributed by atoms with Crippen molar-refractivity contribution in [2.24, 2.45) is 5.73 Å². The molecule has 84 valence electrons. The summed E-state index contributed by atoms with van der Waals surface area (Å²) in [5.41, 5.74) is 6.90. The van der Waals surface area contributed by atoms with E-state index in [-0.39, 0.29) is 4.90 Å². The minimum absolute atomic E-state index is 0.260. The third kappa shape index (κ3) is 1.50. The number of hydrogen-bond acceptors (Lipinski definition) is 3. The molecule has 0 aromatic heterocycles. The summed E-state index contributed by atoms with van der Waals surface area (Å²) in [7, 11) is 2.19. The van der Waals surface area contributed by atoms with Crippen LogP contribution in [-0.2, 0) is 9.84 Å². The minimum atomic E-state index is -3.51. The Hall–Kier alpha value is -0.805. The van der Waals surface area contributed by atoms with Crippen LogP contribution in [0.25, 0.3) is 0 Å². The number of rotatable bonds is 2. The number of aryl methyl sites for hydroxylation is 1. The number of benzene rings is 1. The lowest BCUT2D eigenvalue weighted by Gasteiger charge is -2.44. The third-order valence-corrected chi connectivity index (χ3v) is 5.71. The molecule has 2 radical (unpaired) electrons. The summed E-state index contributed by atoms with van der Waals surface area (Å²) in [5.74, 6) is -0.459. The molecule has 2 rings (SSSR count). The van der Waals surface area contributed by atoms with Crippen molar-refractivity contribution in [3.8, 4) is 0 Å². The Kier molecular flexibility index (Phi) is 2.63. The zero-order chi connectivity index (χ0) is 12.0. The molecule has 2 N–H and O–H groups in total. The van der Waals surface area contributed by atoms with Gasteiger partial charge in [0.25, 0.3) is 0 Å². The zero-order valence-corrected chi connectivity index (χ0v) is 10.00. The Morgan fingerprint density at radius 3 is 2.31 bits per heavy atom. The summed E-state index contributed by atoms with van der Waals surface area (Å²) in [6.07, 6.45) is 1.10. The first-order valence-electron chi connectivity index (χ1n) is 5.24. The first kappa shape index (κ1) is 11.7. The van der Waals surface area contributed by atoms with Crippen LogP contribution in [0.4, 0.5) is 0 Å². The maximum atomic E-state index is 12.3. The molecule has 1 aliphatic rings. The van der Waals surface area contributed by atoms with E-state index < -0.39 is 20.5 Å². The van der Waals surface area contributed by atoms with Crippen molar-refractivity contribution in [2.75, 3.05) is 0 Å². The topological polar surface area (TPSA) is 60.2 Å². The summed E-state index contributed by atoms with van der Waals surface area (Å²) >= 11 is 0. The average Bonchev–Trinajstić information content (AvgIpc) is 2.26. The van der Waals surface area contributed by atoms with Crippen LogP contribution >= 0.6 is 0 Å². The van der Waals surface area contributed by atoms with Crippen LogP contribution in [0.5, 0.6) is 0 Å². The molecule has 0 aliphatic heterocycles. The molecule has 1 aromatic rings. The van der Waals surface area contributed by atoms with Crippen molar-refractivity contribution in [3.63, 3.8) is 0 Å². The van der Waals surface area contributed by atoms with Gasteiger partial charge in [0.1, 0.15) is 4.87 Å². The second-order valence-electron chi connectivity index (χ2n) is 4.42. The summed E-state index contributed by atoms with van der Waals surface area (Å²) in [6, 6.07) is 6.70. The summed E-state index contributed by atoms with van der Waals surface area (Å²) in [6.45, 7) is 1.91. The average molecular weight is 235 g/mol. The second-order valence-corrected chi connectivity index (χ2v) is 6.65. The summed E-state index contributed by atoms with van der Waals surface area (Å²) in [4.78, 5) is -1.02. The van der Waals surface area contributed by atoms with E-state index in [4.69, 9.17) is 13.6 Å². The highest BCUT2D eigenvalue weighted by Crippen LogP contribution is 2.45. The van der Waals surface area contributed by atoms with Gasteiger partial charge in [-0.2, -0.15) is 0 Å². The molecule has 5 heteroatoms. The first-order valence-corrected chi connectivity index (χ1v) is 6.72. The number of nitrogens with two attached hydrogens (primary N) is 1. The van der Waals surface area contributed by atoms with Crippen LogP contribution in [-0.4, -0.2) is 21.1 Å². The van der Waals surface area contributed by atoms with E-state index in [9.17, 15) is 8.42 Å². The van der Waals surface area contributed by atoms with Crippen molar-refractivity contribution >= 4 is 17.7 Å². The molecule has 1 aliphatic carbocycles. The van der Waals surface area contributed by atoms with E-state index in [0.29, 0.717) is 12.8 Å². The Balaban J connectivity index is 2.43. The largest absolute Gasteiger partial charge is 0.313 e. The number of hydrogen-bond donors (Lipinski definition) is 1. The molecule has 0 amide bonds. The van der Waals surface area contributed by atoms with E-state index in [2.05, 4.69) is 0 Å². The molecule has 16 heavy (non-hydrogen) atoms. The molecule has 0 heterocycles. The number of sulfone groups is 1. The SMILES string of the molecule is [B]C1CCC1(N)S(=O)(=O)c1ccc(C)cc1. The van der Waals surface area contributed by atoms with E-state index >= 15 is 0 Å². The first-order chi connectivity index (χ1) is 7.38. The lowest BCUT2D eigenvalue weighted by molar-refractivity contribution is 0.347. The van der Waals surface area contributed by atoms with Gasteiger partial charge >= 0.3 is 0 Å². The molecule has 1 saturated carbocycles. The van der Waals surface area contributed by atoms with Crippen molar-refractivity contribution in [3.05, 3.63) is 29.8 Å². The van der Waals surface area contributed by atoms with Crippen molar-refractivity contribution in [1.82, 2.24) is 0 Å². The van der Waals surface area contributed by atoms with Crippen LogP contribution in [0.2, 0.25) is 5.82 Å². The van der Waals surface area contributed by atoms with Crippen molar-refractivity contribution in [2.45, 2.75) is 35.3 Å². The summed E-state index contributed by atoms with van der Waals surface area (Å²) < 4.78 is 24.5. The van der Waals surface area contributed by atoms with Gasteiger partial charge in [-0.05, 0) is 31.3 Å². The molecular weight excluding hydrogens is 221 g/mol. The van der Waals surface area contributed by atoms with Gasteiger partial charge in [0, 0.05) is 0 Å². The molecule has 0 spiro atoms. The predicted octanol–water partition coefficient (Wildman–Crippen LogP) is 1.17. The monoisotopic (exact) mass is 235 g/mol. The van der Waals surface area contributed by atoms with Gasteiger partial charge in [0.2, 0.25) is 0 Å². The van der Waals surface area contributed by atoms with E-state index in [1.807, 2.05) is 6.92 Å². The van der Waals surface area contributed by atoms with Crippen LogP contribution in [0.1, 0.15) is 18.4 Å². The molecule has 3 nitrogen and oxygen atoms in total. The van der Waals surface area contributed by atoms with Gasteiger partial charge < -0.3 is 5.73 Å². The fourth-order valence-electron chi connectivity index (χ4n) is 1.87. The molecule has 2 atom stereocenters. The third-order valence-electron chi connectivity index (χ3n) is 3.31. The van der Waals surface area contributed by atoms with Crippen LogP contribution < -0.4 is 5.73 Å². The van der Waals surface area contributed by atoms with Crippen LogP contribution in [0.3, 0.4) is 0 Å². The van der Waals surface area contributed by atoms with Gasteiger partial charge in [-0.25, -0.2) is 8.42 Å². The molecule has 1 fully saturated rings. The maximum Gasteiger partial charge on any atom is 0.196 e. The molecule has 0 bridgehead atoms. The Morgan fingerprint density at radius 2 is 1.94 bits per heavy atom. The fraction of sp³-hybridized carbons (Fsp3) is 0.455. The molecular formula is C11H14BNO2S. The quantitative estimate of drug-likeness (QED) is 0.783. The van der Waals surface area contributed by atoms with Gasteiger partial charge in [0.15, 0.2) is 9.84 Å².